The largest absolute Gasteiger partial charge is 0.495 e. The Bertz CT molecular complexity index is 1370. The lowest BCUT2D eigenvalue weighted by Gasteiger charge is -2.13. The van der Waals surface area contributed by atoms with E-state index in [1.54, 1.807) is 48.5 Å². The number of aromatic amines is 1. The molecule has 0 fully saturated rings. The van der Waals surface area contributed by atoms with Gasteiger partial charge in [-0.15, -0.1) is 0 Å². The maximum absolute atomic E-state index is 13.0. The van der Waals surface area contributed by atoms with E-state index in [4.69, 9.17) is 16.3 Å². The molecule has 158 valence electrons. The molecule has 0 aliphatic carbocycles. The Morgan fingerprint density at radius 1 is 1.03 bits per heavy atom. The van der Waals surface area contributed by atoms with Crippen LogP contribution >= 0.6 is 11.6 Å². The van der Waals surface area contributed by atoms with Gasteiger partial charge in [-0.2, -0.15) is 5.10 Å². The second-order valence-corrected chi connectivity index (χ2v) is 8.64. The highest BCUT2D eigenvalue weighted by Crippen LogP contribution is 2.29. The maximum atomic E-state index is 13.0. The zero-order chi connectivity index (χ0) is 22.0. The van der Waals surface area contributed by atoms with Gasteiger partial charge >= 0.3 is 0 Å². The van der Waals surface area contributed by atoms with Crippen molar-refractivity contribution in [2.45, 2.75) is 4.90 Å². The molecule has 4 aromatic rings. The van der Waals surface area contributed by atoms with Crippen LogP contribution in [0.15, 0.2) is 71.6 Å². The summed E-state index contributed by atoms with van der Waals surface area (Å²) in [5, 5.41) is 10.7. The van der Waals surface area contributed by atoms with Crippen LogP contribution < -0.4 is 14.8 Å². The number of ether oxygens (including phenoxy) is 1. The summed E-state index contributed by atoms with van der Waals surface area (Å²) in [5.74, 6) is -0.346. The van der Waals surface area contributed by atoms with Crippen molar-refractivity contribution in [3.8, 4) is 5.75 Å². The fraction of sp³-hybridized carbons (Fsp3) is 0.0476. The van der Waals surface area contributed by atoms with Crippen molar-refractivity contribution in [3.05, 3.63) is 77.4 Å². The van der Waals surface area contributed by atoms with Gasteiger partial charge in [0.25, 0.3) is 15.9 Å². The minimum Gasteiger partial charge on any atom is -0.495 e. The summed E-state index contributed by atoms with van der Waals surface area (Å²) in [4.78, 5) is 12.6. The number of hydrogen-bond donors (Lipinski definition) is 3. The molecule has 1 heterocycles. The quantitative estimate of drug-likeness (QED) is 0.401. The van der Waals surface area contributed by atoms with E-state index in [2.05, 4.69) is 20.2 Å². The number of amides is 1. The number of nitrogens with one attached hydrogen (secondary N) is 3. The van der Waals surface area contributed by atoms with E-state index in [9.17, 15) is 13.2 Å². The number of anilines is 2. The molecule has 0 unspecified atom stereocenters. The third-order valence-corrected chi connectivity index (χ3v) is 6.15. The van der Waals surface area contributed by atoms with Gasteiger partial charge in [-0.1, -0.05) is 29.8 Å². The number of methoxy groups -OCH3 is 1. The zero-order valence-electron chi connectivity index (χ0n) is 16.2. The highest BCUT2D eigenvalue weighted by Gasteiger charge is 2.22. The molecule has 4 rings (SSSR count). The number of rotatable bonds is 6. The predicted octanol–water partition coefficient (Wildman–Crippen LogP) is 4.28. The van der Waals surface area contributed by atoms with Crippen LogP contribution in [-0.4, -0.2) is 31.6 Å². The number of aromatic nitrogens is 2. The molecule has 3 aromatic carbocycles. The van der Waals surface area contributed by atoms with E-state index in [1.165, 1.54) is 19.2 Å². The maximum Gasteiger partial charge on any atom is 0.276 e. The molecule has 0 bridgehead atoms. The molecule has 0 aliphatic heterocycles. The zero-order valence-corrected chi connectivity index (χ0v) is 17.8. The molecular weight excluding hydrogens is 440 g/mol. The Hall–Kier alpha value is -3.56. The van der Waals surface area contributed by atoms with Crippen LogP contribution in [0.3, 0.4) is 0 Å². The topological polar surface area (TPSA) is 113 Å². The van der Waals surface area contributed by atoms with Gasteiger partial charge in [0.15, 0.2) is 5.69 Å². The molecule has 0 saturated heterocycles. The normalized spacial score (nSPS) is 11.3. The minimum atomic E-state index is -4.01. The Morgan fingerprint density at radius 2 is 1.74 bits per heavy atom. The lowest BCUT2D eigenvalue weighted by Crippen LogP contribution is -2.16. The van der Waals surface area contributed by atoms with Gasteiger partial charge in [0.2, 0.25) is 0 Å². The molecule has 8 nitrogen and oxygen atoms in total. The van der Waals surface area contributed by atoms with Gasteiger partial charge < -0.3 is 10.1 Å². The van der Waals surface area contributed by atoms with Gasteiger partial charge in [0, 0.05) is 21.8 Å². The molecule has 1 amide bonds. The number of para-hydroxylation sites is 1. The molecule has 10 heteroatoms. The van der Waals surface area contributed by atoms with Crippen LogP contribution in [0.4, 0.5) is 11.4 Å². The van der Waals surface area contributed by atoms with E-state index in [1.807, 2.05) is 6.07 Å². The van der Waals surface area contributed by atoms with E-state index in [-0.39, 0.29) is 22.0 Å². The van der Waals surface area contributed by atoms with Crippen molar-refractivity contribution in [2.24, 2.45) is 0 Å². The number of sulfonamides is 1. The molecule has 31 heavy (non-hydrogen) atoms. The predicted molar refractivity (Wildman–Crippen MR) is 119 cm³/mol. The van der Waals surface area contributed by atoms with Crippen molar-refractivity contribution in [3.63, 3.8) is 0 Å². The average molecular weight is 457 g/mol. The van der Waals surface area contributed by atoms with Gasteiger partial charge in [-0.25, -0.2) is 8.42 Å². The van der Waals surface area contributed by atoms with Crippen molar-refractivity contribution in [1.29, 1.82) is 0 Å². The number of hydrogen-bond acceptors (Lipinski definition) is 5. The Morgan fingerprint density at radius 3 is 2.48 bits per heavy atom. The summed E-state index contributed by atoms with van der Waals surface area (Å²) in [6.07, 6.45) is 0. The Kier molecular flexibility index (Phi) is 5.53. The molecular formula is C21H17ClN4O4S. The van der Waals surface area contributed by atoms with Gasteiger partial charge in [0.05, 0.1) is 12.6 Å². The molecule has 0 aliphatic rings. The number of H-pyrrole nitrogens is 1. The van der Waals surface area contributed by atoms with Crippen LogP contribution in [0.2, 0.25) is 5.02 Å². The molecule has 0 atom stereocenters. The standard InChI is InChI=1S/C21H17ClN4O4S/c1-30-18-11-10-15(23-21(27)20-16-4-2-3-5-17(16)24-25-20)12-19(18)31(28,29)26-14-8-6-13(22)7-9-14/h2-12,26H,1H3,(H,23,27)(H,24,25). The Balaban J connectivity index is 1.64. The molecule has 0 spiro atoms. The van der Waals surface area contributed by atoms with Crippen molar-refractivity contribution >= 4 is 49.8 Å². The fourth-order valence-corrected chi connectivity index (χ4v) is 4.40. The SMILES string of the molecule is COc1ccc(NC(=O)c2n[nH]c3ccccc23)cc1S(=O)(=O)Nc1ccc(Cl)cc1. The fourth-order valence-electron chi connectivity index (χ4n) is 3.02. The van der Waals surface area contributed by atoms with E-state index in [0.717, 1.165) is 5.52 Å². The summed E-state index contributed by atoms with van der Waals surface area (Å²) in [5.41, 5.74) is 1.53. The number of nitrogens with zero attached hydrogens (tertiary/aromatic N) is 1. The lowest BCUT2D eigenvalue weighted by atomic mass is 10.2. The van der Waals surface area contributed by atoms with Gasteiger partial charge in [-0.05, 0) is 48.5 Å². The number of carbonyl (C=O) groups excluding carboxylic acids is 1. The highest BCUT2D eigenvalue weighted by molar-refractivity contribution is 7.92. The monoisotopic (exact) mass is 456 g/mol. The van der Waals surface area contributed by atoms with Crippen LogP contribution in [0, 0.1) is 0 Å². The Labute approximate surface area is 183 Å². The first-order valence-corrected chi connectivity index (χ1v) is 10.9. The molecule has 0 saturated carbocycles. The first-order chi connectivity index (χ1) is 14.9. The molecule has 0 radical (unpaired) electrons. The van der Waals surface area contributed by atoms with Crippen molar-refractivity contribution < 1.29 is 17.9 Å². The van der Waals surface area contributed by atoms with Crippen LogP contribution in [-0.2, 0) is 10.0 Å². The second-order valence-electron chi connectivity index (χ2n) is 6.55. The summed E-state index contributed by atoms with van der Waals surface area (Å²) >= 11 is 5.85. The first kappa shape index (κ1) is 20.7. The molecule has 1 aromatic heterocycles. The van der Waals surface area contributed by atoms with Gasteiger partial charge in [-0.3, -0.25) is 14.6 Å². The van der Waals surface area contributed by atoms with Crippen LogP contribution in [0.5, 0.6) is 5.75 Å². The second kappa shape index (κ2) is 8.29. The minimum absolute atomic E-state index is 0.129. The summed E-state index contributed by atoms with van der Waals surface area (Å²) in [6.45, 7) is 0. The third kappa shape index (κ3) is 4.32. The third-order valence-electron chi connectivity index (χ3n) is 4.49. The van der Waals surface area contributed by atoms with Crippen LogP contribution in [0.1, 0.15) is 10.5 Å². The number of carbonyl (C=O) groups is 1. The van der Waals surface area contributed by atoms with Crippen molar-refractivity contribution in [1.82, 2.24) is 10.2 Å². The summed E-state index contributed by atoms with van der Waals surface area (Å²) < 4.78 is 33.6. The average Bonchev–Trinajstić information content (AvgIpc) is 3.19. The van der Waals surface area contributed by atoms with E-state index in [0.29, 0.717) is 16.1 Å². The number of fused-ring (bicyclic) bond motifs is 1. The smallest absolute Gasteiger partial charge is 0.276 e. The summed E-state index contributed by atoms with van der Waals surface area (Å²) in [7, 11) is -2.64. The van der Waals surface area contributed by atoms with Crippen LogP contribution in [0.25, 0.3) is 10.9 Å². The van der Waals surface area contributed by atoms with Crippen molar-refractivity contribution in [2.75, 3.05) is 17.1 Å². The van der Waals surface area contributed by atoms with E-state index < -0.39 is 15.9 Å². The van der Waals surface area contributed by atoms with Gasteiger partial charge in [0.1, 0.15) is 10.6 Å². The molecule has 3 N–H and O–H groups in total. The number of halogens is 1. The van der Waals surface area contributed by atoms with E-state index >= 15 is 0 Å². The number of benzene rings is 3. The lowest BCUT2D eigenvalue weighted by molar-refractivity contribution is 0.102. The summed E-state index contributed by atoms with van der Waals surface area (Å²) in [6, 6.07) is 17.8. The highest BCUT2D eigenvalue weighted by atomic mass is 35.5. The first-order valence-electron chi connectivity index (χ1n) is 9.08.